The lowest BCUT2D eigenvalue weighted by Crippen LogP contribution is -2.43. The summed E-state index contributed by atoms with van der Waals surface area (Å²) in [5, 5.41) is 3.06. The van der Waals surface area contributed by atoms with Gasteiger partial charge < -0.3 is 19.5 Å². The minimum absolute atomic E-state index is 0.00696. The summed E-state index contributed by atoms with van der Waals surface area (Å²) in [6, 6.07) is 12.4. The van der Waals surface area contributed by atoms with E-state index >= 15 is 0 Å². The summed E-state index contributed by atoms with van der Waals surface area (Å²) in [6.07, 6.45) is 1.88. The quantitative estimate of drug-likeness (QED) is 0.734. The van der Waals surface area contributed by atoms with Gasteiger partial charge in [-0.05, 0) is 41.8 Å². The summed E-state index contributed by atoms with van der Waals surface area (Å²) in [6.45, 7) is 4.68. The smallest absolute Gasteiger partial charge is 0.220 e. The minimum atomic E-state index is -0.261. The third-order valence-corrected chi connectivity index (χ3v) is 5.69. The highest BCUT2D eigenvalue weighted by Crippen LogP contribution is 2.30. The monoisotopic (exact) mass is 428 g/mol. The van der Waals surface area contributed by atoms with Gasteiger partial charge in [0.25, 0.3) is 0 Å². The molecule has 1 atom stereocenters. The summed E-state index contributed by atoms with van der Waals surface area (Å²) >= 11 is 0. The standard InChI is InChI=1S/C24H29FN2O4/c25-20-6-4-19(5-7-20)21(27-10-14-29-15-11-27)17-26-24(28)9-3-18-2-8-22-23(16-18)31-13-1-12-30-22/h2,4-8,16,21H,1,3,9-15,17H2,(H,26,28). The van der Waals surface area contributed by atoms with Crippen LogP contribution in [0.15, 0.2) is 42.5 Å². The van der Waals surface area contributed by atoms with Crippen LogP contribution in [-0.4, -0.2) is 56.9 Å². The minimum Gasteiger partial charge on any atom is -0.490 e. The Bertz CT molecular complexity index is 868. The Balaban J connectivity index is 1.33. The zero-order valence-electron chi connectivity index (χ0n) is 17.6. The van der Waals surface area contributed by atoms with Gasteiger partial charge in [0, 0.05) is 32.5 Å². The number of aryl methyl sites for hydroxylation is 1. The Morgan fingerprint density at radius 1 is 1.00 bits per heavy atom. The second-order valence-corrected chi connectivity index (χ2v) is 7.85. The van der Waals surface area contributed by atoms with Gasteiger partial charge >= 0.3 is 0 Å². The molecule has 7 heteroatoms. The van der Waals surface area contributed by atoms with Crippen molar-refractivity contribution < 1.29 is 23.4 Å². The molecule has 0 bridgehead atoms. The molecule has 2 aromatic rings. The highest BCUT2D eigenvalue weighted by atomic mass is 19.1. The van der Waals surface area contributed by atoms with E-state index < -0.39 is 0 Å². The van der Waals surface area contributed by atoms with Crippen LogP contribution >= 0.6 is 0 Å². The molecule has 0 saturated carbocycles. The normalized spacial score (nSPS) is 17.6. The second kappa shape index (κ2) is 10.6. The van der Waals surface area contributed by atoms with E-state index in [0.717, 1.165) is 42.1 Å². The van der Waals surface area contributed by atoms with Crippen LogP contribution in [0.1, 0.15) is 30.0 Å². The molecular formula is C24H29FN2O4. The molecule has 1 fully saturated rings. The molecule has 166 valence electrons. The van der Waals surface area contributed by atoms with E-state index in [1.54, 1.807) is 12.1 Å². The Morgan fingerprint density at radius 2 is 1.74 bits per heavy atom. The highest BCUT2D eigenvalue weighted by Gasteiger charge is 2.23. The molecule has 1 saturated heterocycles. The third kappa shape index (κ3) is 5.95. The SMILES string of the molecule is O=C(CCc1ccc2c(c1)OCCCO2)NCC(c1ccc(F)cc1)N1CCOCC1. The van der Waals surface area contributed by atoms with E-state index in [2.05, 4.69) is 10.2 Å². The van der Waals surface area contributed by atoms with Crippen LogP contribution in [0, 0.1) is 5.82 Å². The van der Waals surface area contributed by atoms with Gasteiger partial charge in [-0.3, -0.25) is 9.69 Å². The van der Waals surface area contributed by atoms with Gasteiger partial charge in [-0.25, -0.2) is 4.39 Å². The number of carbonyl (C=O) groups is 1. The van der Waals surface area contributed by atoms with E-state index in [0.29, 0.717) is 45.8 Å². The Kier molecular flexibility index (Phi) is 7.38. The van der Waals surface area contributed by atoms with E-state index in [4.69, 9.17) is 14.2 Å². The summed E-state index contributed by atoms with van der Waals surface area (Å²) in [5.41, 5.74) is 2.04. The number of ether oxygens (including phenoxy) is 3. The molecule has 0 aliphatic carbocycles. The summed E-state index contributed by atoms with van der Waals surface area (Å²) in [5.74, 6) is 1.24. The number of halogens is 1. The molecule has 2 aromatic carbocycles. The van der Waals surface area contributed by atoms with E-state index in [1.165, 1.54) is 12.1 Å². The lowest BCUT2D eigenvalue weighted by atomic mass is 10.0. The van der Waals surface area contributed by atoms with Crippen LogP contribution in [0.5, 0.6) is 11.5 Å². The predicted octanol–water partition coefficient (Wildman–Crippen LogP) is 3.11. The average molecular weight is 429 g/mol. The highest BCUT2D eigenvalue weighted by molar-refractivity contribution is 5.76. The zero-order valence-corrected chi connectivity index (χ0v) is 17.6. The van der Waals surface area contributed by atoms with Gasteiger partial charge in [-0.1, -0.05) is 18.2 Å². The first-order chi connectivity index (χ1) is 15.2. The number of benzene rings is 2. The topological polar surface area (TPSA) is 60.0 Å². The van der Waals surface area contributed by atoms with Gasteiger partial charge in [-0.15, -0.1) is 0 Å². The fourth-order valence-corrected chi connectivity index (χ4v) is 3.95. The van der Waals surface area contributed by atoms with Crippen molar-refractivity contribution in [1.82, 2.24) is 10.2 Å². The first-order valence-corrected chi connectivity index (χ1v) is 10.9. The second-order valence-electron chi connectivity index (χ2n) is 7.85. The molecule has 1 amide bonds. The van der Waals surface area contributed by atoms with Gasteiger partial charge in [0.1, 0.15) is 5.82 Å². The van der Waals surface area contributed by atoms with Crippen molar-refractivity contribution in [2.75, 3.05) is 46.1 Å². The van der Waals surface area contributed by atoms with Crippen LogP contribution in [0.25, 0.3) is 0 Å². The van der Waals surface area contributed by atoms with Crippen molar-refractivity contribution in [1.29, 1.82) is 0 Å². The summed E-state index contributed by atoms with van der Waals surface area (Å²) in [7, 11) is 0. The maximum Gasteiger partial charge on any atom is 0.220 e. The number of hydrogen-bond acceptors (Lipinski definition) is 5. The number of rotatable bonds is 7. The van der Waals surface area contributed by atoms with E-state index in [9.17, 15) is 9.18 Å². The molecule has 0 radical (unpaired) electrons. The number of amides is 1. The maximum absolute atomic E-state index is 13.4. The molecule has 4 rings (SSSR count). The Hall–Kier alpha value is -2.64. The fourth-order valence-electron chi connectivity index (χ4n) is 3.95. The zero-order chi connectivity index (χ0) is 21.5. The van der Waals surface area contributed by atoms with E-state index in [-0.39, 0.29) is 17.8 Å². The molecule has 2 heterocycles. The van der Waals surface area contributed by atoms with Gasteiger partial charge in [0.2, 0.25) is 5.91 Å². The molecular weight excluding hydrogens is 399 g/mol. The van der Waals surface area contributed by atoms with Gasteiger partial charge in [0.05, 0.1) is 32.5 Å². The van der Waals surface area contributed by atoms with Crippen molar-refractivity contribution >= 4 is 5.91 Å². The lowest BCUT2D eigenvalue weighted by molar-refractivity contribution is -0.121. The molecule has 6 nitrogen and oxygen atoms in total. The van der Waals surface area contributed by atoms with Gasteiger partial charge in [-0.2, -0.15) is 0 Å². The van der Waals surface area contributed by atoms with Crippen molar-refractivity contribution in [3.63, 3.8) is 0 Å². The Morgan fingerprint density at radius 3 is 2.52 bits per heavy atom. The van der Waals surface area contributed by atoms with Crippen LogP contribution in [0.3, 0.4) is 0 Å². The van der Waals surface area contributed by atoms with Crippen LogP contribution in [0.4, 0.5) is 4.39 Å². The first kappa shape index (κ1) is 21.6. The Labute approximate surface area is 182 Å². The molecule has 2 aliphatic heterocycles. The van der Waals surface area contributed by atoms with Crippen molar-refractivity contribution in [3.05, 3.63) is 59.4 Å². The van der Waals surface area contributed by atoms with Crippen LogP contribution in [0.2, 0.25) is 0 Å². The molecule has 31 heavy (non-hydrogen) atoms. The number of nitrogens with one attached hydrogen (secondary N) is 1. The maximum atomic E-state index is 13.4. The number of morpholine rings is 1. The average Bonchev–Trinajstić information content (AvgIpc) is 3.05. The van der Waals surface area contributed by atoms with Crippen molar-refractivity contribution in [3.8, 4) is 11.5 Å². The van der Waals surface area contributed by atoms with Gasteiger partial charge in [0.15, 0.2) is 11.5 Å². The number of carbonyl (C=O) groups excluding carboxylic acids is 1. The third-order valence-electron chi connectivity index (χ3n) is 5.69. The lowest BCUT2D eigenvalue weighted by Gasteiger charge is -2.35. The number of hydrogen-bond donors (Lipinski definition) is 1. The van der Waals surface area contributed by atoms with Crippen molar-refractivity contribution in [2.45, 2.75) is 25.3 Å². The van der Waals surface area contributed by atoms with E-state index in [1.807, 2.05) is 18.2 Å². The molecule has 0 aromatic heterocycles. The fraction of sp³-hybridized carbons (Fsp3) is 0.458. The summed E-state index contributed by atoms with van der Waals surface area (Å²) in [4.78, 5) is 14.8. The van der Waals surface area contributed by atoms with Crippen molar-refractivity contribution in [2.24, 2.45) is 0 Å². The molecule has 2 aliphatic rings. The number of fused-ring (bicyclic) bond motifs is 1. The van der Waals surface area contributed by atoms with Crippen LogP contribution in [-0.2, 0) is 16.0 Å². The summed E-state index contributed by atoms with van der Waals surface area (Å²) < 4.78 is 30.2. The largest absolute Gasteiger partial charge is 0.490 e. The van der Waals surface area contributed by atoms with Crippen LogP contribution < -0.4 is 14.8 Å². The predicted molar refractivity (Wildman–Crippen MR) is 115 cm³/mol. The number of nitrogens with zero attached hydrogens (tertiary/aromatic N) is 1. The first-order valence-electron chi connectivity index (χ1n) is 10.9. The molecule has 0 spiro atoms. The molecule has 1 N–H and O–H groups in total. The molecule has 1 unspecified atom stereocenters.